The van der Waals surface area contributed by atoms with Crippen LogP contribution in [0.4, 0.5) is 0 Å². The summed E-state index contributed by atoms with van der Waals surface area (Å²) in [5, 5.41) is 10.9. The lowest BCUT2D eigenvalue weighted by molar-refractivity contribution is 0.0627. The smallest absolute Gasteiger partial charge is 0.240 e. The average Bonchev–Trinajstić information content (AvgIpc) is 2.73. The average molecular weight is 426 g/mol. The molecule has 3 aromatic rings. The zero-order valence-electron chi connectivity index (χ0n) is 17.6. The molecule has 1 atom stereocenters. The van der Waals surface area contributed by atoms with Gasteiger partial charge in [-0.25, -0.2) is 13.1 Å². The van der Waals surface area contributed by atoms with Crippen molar-refractivity contribution < 1.29 is 18.3 Å². The van der Waals surface area contributed by atoms with E-state index in [1.807, 2.05) is 54.6 Å². The van der Waals surface area contributed by atoms with E-state index in [0.717, 1.165) is 22.3 Å². The minimum atomic E-state index is -3.79. The molecule has 0 aliphatic carbocycles. The van der Waals surface area contributed by atoms with Crippen molar-refractivity contribution in [3.63, 3.8) is 0 Å². The van der Waals surface area contributed by atoms with E-state index in [9.17, 15) is 13.5 Å². The van der Waals surface area contributed by atoms with Gasteiger partial charge >= 0.3 is 0 Å². The van der Waals surface area contributed by atoms with E-state index >= 15 is 0 Å². The minimum absolute atomic E-state index is 0.147. The van der Waals surface area contributed by atoms with Gasteiger partial charge in [0, 0.05) is 6.54 Å². The number of nitrogens with one attached hydrogen (secondary N) is 1. The van der Waals surface area contributed by atoms with Gasteiger partial charge in [0.05, 0.1) is 12.0 Å². The number of sulfonamides is 1. The number of aliphatic hydroxyl groups is 1. The molecule has 0 amide bonds. The third-order valence-electron chi connectivity index (χ3n) is 5.17. The second kappa shape index (κ2) is 8.60. The van der Waals surface area contributed by atoms with Crippen LogP contribution in [-0.4, -0.2) is 27.2 Å². The van der Waals surface area contributed by atoms with Gasteiger partial charge < -0.3 is 9.84 Å². The standard InChI is InChI=1S/C24H27NO4S/c1-17-14-22(15-18(2)23(17)29-4)30(27,28)25-16-24(3,26)21-12-10-20(11-13-21)19-8-6-5-7-9-19/h5-15,25-26H,16H2,1-4H3. The molecule has 30 heavy (non-hydrogen) atoms. The molecule has 3 rings (SSSR count). The van der Waals surface area contributed by atoms with Crippen LogP contribution >= 0.6 is 0 Å². The molecule has 2 N–H and O–H groups in total. The van der Waals surface area contributed by atoms with Gasteiger partial charge in [0.1, 0.15) is 11.4 Å². The molecule has 0 aliphatic rings. The second-order valence-electron chi connectivity index (χ2n) is 7.63. The summed E-state index contributed by atoms with van der Waals surface area (Å²) in [5.41, 5.74) is 2.85. The summed E-state index contributed by atoms with van der Waals surface area (Å²) >= 11 is 0. The third kappa shape index (κ3) is 4.73. The normalized spacial score (nSPS) is 13.6. The Kier molecular flexibility index (Phi) is 6.31. The number of hydrogen-bond donors (Lipinski definition) is 2. The molecule has 0 saturated carbocycles. The van der Waals surface area contributed by atoms with Crippen molar-refractivity contribution in [3.05, 3.63) is 83.4 Å². The van der Waals surface area contributed by atoms with Gasteiger partial charge in [-0.15, -0.1) is 0 Å². The van der Waals surface area contributed by atoms with E-state index in [1.54, 1.807) is 40.0 Å². The van der Waals surface area contributed by atoms with Crippen molar-refractivity contribution in [1.82, 2.24) is 4.72 Å². The van der Waals surface area contributed by atoms with Crippen LogP contribution in [0.25, 0.3) is 11.1 Å². The largest absolute Gasteiger partial charge is 0.496 e. The van der Waals surface area contributed by atoms with Crippen LogP contribution in [0.1, 0.15) is 23.6 Å². The van der Waals surface area contributed by atoms with Gasteiger partial charge in [-0.3, -0.25) is 0 Å². The number of ether oxygens (including phenoxy) is 1. The van der Waals surface area contributed by atoms with Crippen molar-refractivity contribution in [2.45, 2.75) is 31.3 Å². The Morgan fingerprint density at radius 1 is 0.933 bits per heavy atom. The van der Waals surface area contributed by atoms with E-state index in [0.29, 0.717) is 11.3 Å². The van der Waals surface area contributed by atoms with E-state index in [2.05, 4.69) is 4.72 Å². The molecule has 0 fully saturated rings. The maximum absolute atomic E-state index is 12.8. The van der Waals surface area contributed by atoms with Crippen molar-refractivity contribution in [2.24, 2.45) is 0 Å². The zero-order valence-corrected chi connectivity index (χ0v) is 18.5. The topological polar surface area (TPSA) is 75.6 Å². The first-order valence-electron chi connectivity index (χ1n) is 9.67. The highest BCUT2D eigenvalue weighted by Gasteiger charge is 2.27. The first-order chi connectivity index (χ1) is 14.1. The Labute approximate surface area is 178 Å². The highest BCUT2D eigenvalue weighted by atomic mass is 32.2. The lowest BCUT2D eigenvalue weighted by atomic mass is 9.94. The molecule has 0 aromatic heterocycles. The molecule has 3 aromatic carbocycles. The molecular weight excluding hydrogens is 398 g/mol. The third-order valence-corrected chi connectivity index (χ3v) is 6.55. The number of methoxy groups -OCH3 is 1. The van der Waals surface area contributed by atoms with Crippen LogP contribution in [0.2, 0.25) is 0 Å². The van der Waals surface area contributed by atoms with E-state index in [1.165, 1.54) is 0 Å². The molecule has 1 unspecified atom stereocenters. The summed E-state index contributed by atoms with van der Waals surface area (Å²) in [6.45, 7) is 5.05. The van der Waals surface area contributed by atoms with Gasteiger partial charge in [-0.05, 0) is 60.7 Å². The fraction of sp³-hybridized carbons (Fsp3) is 0.250. The van der Waals surface area contributed by atoms with Crippen molar-refractivity contribution in [3.8, 4) is 16.9 Å². The van der Waals surface area contributed by atoms with E-state index < -0.39 is 15.6 Å². The van der Waals surface area contributed by atoms with Crippen molar-refractivity contribution >= 4 is 10.0 Å². The molecule has 0 heterocycles. The van der Waals surface area contributed by atoms with Crippen LogP contribution < -0.4 is 9.46 Å². The van der Waals surface area contributed by atoms with Crippen molar-refractivity contribution in [2.75, 3.05) is 13.7 Å². The van der Waals surface area contributed by atoms with E-state index in [-0.39, 0.29) is 11.4 Å². The van der Waals surface area contributed by atoms with Gasteiger partial charge in [-0.1, -0.05) is 54.6 Å². The Morgan fingerprint density at radius 2 is 1.47 bits per heavy atom. The summed E-state index contributed by atoms with van der Waals surface area (Å²) in [5.74, 6) is 0.666. The summed E-state index contributed by atoms with van der Waals surface area (Å²) < 4.78 is 33.4. The zero-order chi connectivity index (χ0) is 21.9. The molecular formula is C24H27NO4S. The van der Waals surface area contributed by atoms with Gasteiger partial charge in [0.2, 0.25) is 10.0 Å². The molecule has 0 radical (unpaired) electrons. The van der Waals surface area contributed by atoms with Crippen LogP contribution in [-0.2, 0) is 15.6 Å². The SMILES string of the molecule is COc1c(C)cc(S(=O)(=O)NCC(C)(O)c2ccc(-c3ccccc3)cc2)cc1C. The molecule has 5 nitrogen and oxygen atoms in total. The Bertz CT molecular complexity index is 1100. The molecule has 6 heteroatoms. The fourth-order valence-electron chi connectivity index (χ4n) is 3.46. The molecule has 0 saturated heterocycles. The summed E-state index contributed by atoms with van der Waals surface area (Å²) in [6.07, 6.45) is 0. The van der Waals surface area contributed by atoms with Gasteiger partial charge in [0.15, 0.2) is 0 Å². The lowest BCUT2D eigenvalue weighted by Gasteiger charge is -2.24. The highest BCUT2D eigenvalue weighted by molar-refractivity contribution is 7.89. The Morgan fingerprint density at radius 3 is 2.00 bits per heavy atom. The van der Waals surface area contributed by atoms with Crippen LogP contribution in [0, 0.1) is 13.8 Å². The predicted octanol–water partition coefficient (Wildman–Crippen LogP) is 4.17. The first kappa shape index (κ1) is 22.0. The second-order valence-corrected chi connectivity index (χ2v) is 9.40. The first-order valence-corrected chi connectivity index (χ1v) is 11.2. The van der Waals surface area contributed by atoms with Crippen molar-refractivity contribution in [1.29, 1.82) is 0 Å². The summed E-state index contributed by atoms with van der Waals surface area (Å²) in [4.78, 5) is 0.147. The minimum Gasteiger partial charge on any atom is -0.496 e. The maximum Gasteiger partial charge on any atom is 0.240 e. The van der Waals surface area contributed by atoms with Gasteiger partial charge in [0.25, 0.3) is 0 Å². The molecule has 0 aliphatic heterocycles. The maximum atomic E-state index is 12.8. The highest BCUT2D eigenvalue weighted by Crippen LogP contribution is 2.28. The number of benzene rings is 3. The van der Waals surface area contributed by atoms with Gasteiger partial charge in [-0.2, -0.15) is 0 Å². The predicted molar refractivity (Wildman–Crippen MR) is 119 cm³/mol. The quantitative estimate of drug-likeness (QED) is 0.596. The monoisotopic (exact) mass is 425 g/mol. The number of hydrogen-bond acceptors (Lipinski definition) is 4. The molecule has 0 bridgehead atoms. The Balaban J connectivity index is 1.77. The van der Waals surface area contributed by atoms with Crippen LogP contribution in [0.15, 0.2) is 71.6 Å². The Hall–Kier alpha value is -2.67. The van der Waals surface area contributed by atoms with E-state index in [4.69, 9.17) is 4.74 Å². The number of rotatable bonds is 7. The lowest BCUT2D eigenvalue weighted by Crippen LogP contribution is -2.38. The summed E-state index contributed by atoms with van der Waals surface area (Å²) in [6, 6.07) is 20.5. The fourth-order valence-corrected chi connectivity index (χ4v) is 4.76. The van der Waals surface area contributed by atoms with Crippen LogP contribution in [0.3, 0.4) is 0 Å². The molecule has 0 spiro atoms. The molecule has 158 valence electrons. The number of aryl methyl sites for hydroxylation is 2. The summed E-state index contributed by atoms with van der Waals surface area (Å²) in [7, 11) is -2.23. The van der Waals surface area contributed by atoms with Crippen LogP contribution in [0.5, 0.6) is 5.75 Å².